The molecule has 108 valence electrons. The van der Waals surface area contributed by atoms with Crippen LogP contribution in [0.5, 0.6) is 0 Å². The first-order valence-electron chi connectivity index (χ1n) is 6.84. The van der Waals surface area contributed by atoms with Gasteiger partial charge in [0.05, 0.1) is 0 Å². The number of carboxylic acids is 1. The van der Waals surface area contributed by atoms with E-state index in [1.54, 1.807) is 13.1 Å². The molecule has 0 aliphatic carbocycles. The minimum atomic E-state index is -0.840. The highest BCUT2D eigenvalue weighted by Gasteiger charge is 2.32. The fourth-order valence-corrected chi connectivity index (χ4v) is 2.25. The summed E-state index contributed by atoms with van der Waals surface area (Å²) in [6.45, 7) is 8.56. The summed E-state index contributed by atoms with van der Waals surface area (Å²) in [6.07, 6.45) is 4.21. The van der Waals surface area contributed by atoms with E-state index in [0.29, 0.717) is 6.42 Å². The van der Waals surface area contributed by atoms with Crippen LogP contribution in [0.4, 0.5) is 0 Å². The molecule has 1 aromatic rings. The van der Waals surface area contributed by atoms with E-state index in [1.165, 1.54) is 0 Å². The van der Waals surface area contributed by atoms with Gasteiger partial charge in [-0.25, -0.2) is 0 Å². The smallest absolute Gasteiger partial charge is 0.323 e. The van der Waals surface area contributed by atoms with Gasteiger partial charge in [-0.05, 0) is 53.0 Å². The predicted octanol–water partition coefficient (Wildman–Crippen LogP) is 2.20. The van der Waals surface area contributed by atoms with Crippen LogP contribution >= 0.6 is 0 Å². The molecule has 0 fully saturated rings. The van der Waals surface area contributed by atoms with Crippen molar-refractivity contribution in [2.45, 2.75) is 65.1 Å². The van der Waals surface area contributed by atoms with Crippen LogP contribution in [0, 0.1) is 6.92 Å². The van der Waals surface area contributed by atoms with Gasteiger partial charge >= 0.3 is 5.97 Å². The van der Waals surface area contributed by atoms with Crippen LogP contribution in [0.1, 0.15) is 45.7 Å². The Hall–Kier alpha value is -1.36. The van der Waals surface area contributed by atoms with Crippen LogP contribution in [-0.4, -0.2) is 32.4 Å². The number of aryl methyl sites for hydroxylation is 2. The first-order chi connectivity index (χ1) is 8.85. The maximum absolute atomic E-state index is 11.4. The number of nitrogens with one attached hydrogen (secondary N) is 1. The summed E-state index contributed by atoms with van der Waals surface area (Å²) in [5.41, 5.74) is 0.300. The van der Waals surface area contributed by atoms with Gasteiger partial charge in [-0.15, -0.1) is 0 Å². The Labute approximate surface area is 115 Å². The maximum Gasteiger partial charge on any atom is 0.323 e. The Morgan fingerprint density at radius 2 is 2.21 bits per heavy atom. The minimum Gasteiger partial charge on any atom is -0.480 e. The number of hydrogen-bond donors (Lipinski definition) is 2. The monoisotopic (exact) mass is 267 g/mol. The van der Waals surface area contributed by atoms with E-state index in [4.69, 9.17) is 0 Å². The van der Waals surface area contributed by atoms with Crippen LogP contribution < -0.4 is 5.32 Å². The first kappa shape index (κ1) is 15.7. The summed E-state index contributed by atoms with van der Waals surface area (Å²) >= 11 is 0. The van der Waals surface area contributed by atoms with Gasteiger partial charge in [0.1, 0.15) is 5.54 Å². The number of rotatable bonds is 8. The highest BCUT2D eigenvalue weighted by Crippen LogP contribution is 2.16. The van der Waals surface area contributed by atoms with E-state index < -0.39 is 11.5 Å². The Balaban J connectivity index is 2.41. The summed E-state index contributed by atoms with van der Waals surface area (Å²) in [4.78, 5) is 11.4. The second kappa shape index (κ2) is 6.70. The predicted molar refractivity (Wildman–Crippen MR) is 75.1 cm³/mol. The van der Waals surface area contributed by atoms with Gasteiger partial charge in [0.25, 0.3) is 0 Å². The zero-order chi connectivity index (χ0) is 14.5. The molecule has 1 heterocycles. The highest BCUT2D eigenvalue weighted by molar-refractivity contribution is 5.78. The third kappa shape index (κ3) is 4.67. The van der Waals surface area contributed by atoms with Crippen molar-refractivity contribution < 1.29 is 9.90 Å². The van der Waals surface area contributed by atoms with E-state index in [1.807, 2.05) is 31.5 Å². The van der Waals surface area contributed by atoms with Crippen LogP contribution in [0.3, 0.4) is 0 Å². The van der Waals surface area contributed by atoms with E-state index in [2.05, 4.69) is 10.4 Å². The van der Waals surface area contributed by atoms with Crippen molar-refractivity contribution in [3.8, 4) is 0 Å². The minimum absolute atomic E-state index is 0.162. The molecule has 5 nitrogen and oxygen atoms in total. The third-order valence-corrected chi connectivity index (χ3v) is 3.30. The van der Waals surface area contributed by atoms with Crippen molar-refractivity contribution in [3.05, 3.63) is 18.0 Å². The van der Waals surface area contributed by atoms with Crippen molar-refractivity contribution in [1.82, 2.24) is 15.1 Å². The fraction of sp³-hybridized carbons (Fsp3) is 0.714. The average molecular weight is 267 g/mol. The lowest BCUT2D eigenvalue weighted by atomic mass is 9.94. The lowest BCUT2D eigenvalue weighted by molar-refractivity contribution is -0.144. The lowest BCUT2D eigenvalue weighted by Crippen LogP contribution is -2.52. The standard InChI is InChI=1S/C14H25N3O2/c1-11(2)16-14(4,13(18)19)8-5-6-10-17-12(3)7-9-15-17/h7,9,11,16H,5-6,8,10H2,1-4H3,(H,18,19). The largest absolute Gasteiger partial charge is 0.480 e. The number of hydrogen-bond acceptors (Lipinski definition) is 3. The number of carboxylic acid groups (broad SMARTS) is 1. The van der Waals surface area contributed by atoms with Crippen molar-refractivity contribution >= 4 is 5.97 Å². The molecule has 0 spiro atoms. The van der Waals surface area contributed by atoms with Gasteiger partial charge in [-0.1, -0.05) is 0 Å². The van der Waals surface area contributed by atoms with Gasteiger partial charge in [0.2, 0.25) is 0 Å². The zero-order valence-corrected chi connectivity index (χ0v) is 12.3. The molecule has 1 aromatic heterocycles. The molecular formula is C14H25N3O2. The topological polar surface area (TPSA) is 67.2 Å². The molecule has 0 aliphatic heterocycles. The number of aliphatic carboxylic acids is 1. The second-order valence-electron chi connectivity index (χ2n) is 5.59. The number of unbranched alkanes of at least 4 members (excludes halogenated alkanes) is 1. The third-order valence-electron chi connectivity index (χ3n) is 3.30. The molecule has 19 heavy (non-hydrogen) atoms. The first-order valence-corrected chi connectivity index (χ1v) is 6.84. The summed E-state index contributed by atoms with van der Waals surface area (Å²) < 4.78 is 1.95. The van der Waals surface area contributed by atoms with Crippen molar-refractivity contribution in [3.63, 3.8) is 0 Å². The summed E-state index contributed by atoms with van der Waals surface area (Å²) in [6, 6.07) is 2.14. The Bertz CT molecular complexity index is 415. The van der Waals surface area contributed by atoms with Gasteiger partial charge in [-0.2, -0.15) is 5.10 Å². The molecule has 0 saturated carbocycles. The van der Waals surface area contributed by atoms with Crippen LogP contribution in [0.2, 0.25) is 0 Å². The van der Waals surface area contributed by atoms with Gasteiger partial charge < -0.3 is 5.11 Å². The van der Waals surface area contributed by atoms with Crippen LogP contribution in [0.15, 0.2) is 12.3 Å². The second-order valence-corrected chi connectivity index (χ2v) is 5.59. The van der Waals surface area contributed by atoms with E-state index in [9.17, 15) is 9.90 Å². The fourth-order valence-electron chi connectivity index (χ4n) is 2.25. The van der Waals surface area contributed by atoms with Crippen LogP contribution in [-0.2, 0) is 11.3 Å². The molecular weight excluding hydrogens is 242 g/mol. The molecule has 1 unspecified atom stereocenters. The van der Waals surface area contributed by atoms with Crippen molar-refractivity contribution in [2.75, 3.05) is 0 Å². The van der Waals surface area contributed by atoms with E-state index in [-0.39, 0.29) is 6.04 Å². The molecule has 1 atom stereocenters. The zero-order valence-electron chi connectivity index (χ0n) is 12.3. The number of aromatic nitrogens is 2. The maximum atomic E-state index is 11.4. The summed E-state index contributed by atoms with van der Waals surface area (Å²) in [7, 11) is 0. The summed E-state index contributed by atoms with van der Waals surface area (Å²) in [5.74, 6) is -0.781. The molecule has 1 rings (SSSR count). The van der Waals surface area contributed by atoms with E-state index >= 15 is 0 Å². The number of carbonyl (C=O) groups is 1. The molecule has 2 N–H and O–H groups in total. The van der Waals surface area contributed by atoms with Gasteiger partial charge in [-0.3, -0.25) is 14.8 Å². The molecule has 0 aliphatic rings. The Kier molecular flexibility index (Phi) is 5.54. The lowest BCUT2D eigenvalue weighted by Gasteiger charge is -2.28. The molecule has 0 saturated heterocycles. The molecule has 5 heteroatoms. The molecule has 0 radical (unpaired) electrons. The van der Waals surface area contributed by atoms with Crippen molar-refractivity contribution in [1.29, 1.82) is 0 Å². The van der Waals surface area contributed by atoms with Gasteiger partial charge in [0, 0.05) is 24.5 Å². The SMILES string of the molecule is Cc1ccnn1CCCCC(C)(NC(C)C)C(=O)O. The number of nitrogens with zero attached hydrogens (tertiary/aromatic N) is 2. The molecule has 0 aromatic carbocycles. The average Bonchev–Trinajstić information content (AvgIpc) is 2.69. The molecule has 0 bridgehead atoms. The van der Waals surface area contributed by atoms with Crippen LogP contribution in [0.25, 0.3) is 0 Å². The quantitative estimate of drug-likeness (QED) is 0.709. The van der Waals surface area contributed by atoms with E-state index in [0.717, 1.165) is 25.1 Å². The molecule has 0 amide bonds. The van der Waals surface area contributed by atoms with Crippen molar-refractivity contribution in [2.24, 2.45) is 0 Å². The van der Waals surface area contributed by atoms with Gasteiger partial charge in [0.15, 0.2) is 0 Å². The highest BCUT2D eigenvalue weighted by atomic mass is 16.4. The summed E-state index contributed by atoms with van der Waals surface area (Å²) in [5, 5.41) is 16.7. The normalized spacial score (nSPS) is 14.6. The Morgan fingerprint density at radius 3 is 2.68 bits per heavy atom. The Morgan fingerprint density at radius 1 is 1.53 bits per heavy atom.